The molecule has 2 aliphatic carbocycles. The van der Waals surface area contributed by atoms with Crippen LogP contribution >= 0.6 is 0 Å². The van der Waals surface area contributed by atoms with Gasteiger partial charge in [0.25, 0.3) is 0 Å². The average molecular weight is 834 g/mol. The normalized spacial score (nSPS) is 15.8. The van der Waals surface area contributed by atoms with Gasteiger partial charge in [0.15, 0.2) is 23.0 Å². The van der Waals surface area contributed by atoms with Crippen LogP contribution in [-0.2, 0) is 5.41 Å². The van der Waals surface area contributed by atoms with Crippen LogP contribution in [0.2, 0.25) is 0 Å². The van der Waals surface area contributed by atoms with Gasteiger partial charge >= 0.3 is 0 Å². The van der Waals surface area contributed by atoms with Gasteiger partial charge in [-0.05, 0) is 104 Å². The molecule has 5 nitrogen and oxygen atoms in total. The topological polar surface area (TPSA) is 39.0 Å². The van der Waals surface area contributed by atoms with Crippen molar-refractivity contribution in [1.82, 2.24) is 9.47 Å². The van der Waals surface area contributed by atoms with Crippen molar-refractivity contribution in [2.24, 2.45) is 4.99 Å². The molecule has 1 atom stereocenters. The first kappa shape index (κ1) is 36.1. The molecule has 0 bridgehead atoms. The lowest BCUT2D eigenvalue weighted by Gasteiger charge is -2.34. The average Bonchev–Trinajstić information content (AvgIpc) is 3.98. The molecule has 14 rings (SSSR count). The summed E-state index contributed by atoms with van der Waals surface area (Å²) in [6, 6.07) is 74.1. The van der Waals surface area contributed by atoms with E-state index >= 15 is 0 Å². The van der Waals surface area contributed by atoms with Crippen LogP contribution in [-0.4, -0.2) is 22.4 Å². The smallest absolute Gasteiger partial charge is 0.178 e. The largest absolute Gasteiger partial charge is 0.449 e. The molecular weight excluding hydrogens is 795 g/mol. The fourth-order valence-corrected chi connectivity index (χ4v) is 11.3. The number of benzene rings is 9. The van der Waals surface area contributed by atoms with Crippen LogP contribution in [0.1, 0.15) is 39.5 Å². The number of allylic oxidation sites excluding steroid dienone is 1. The van der Waals surface area contributed by atoms with E-state index in [-0.39, 0.29) is 6.17 Å². The molecule has 65 heavy (non-hydrogen) atoms. The minimum Gasteiger partial charge on any atom is -0.449 e. The van der Waals surface area contributed by atoms with Crippen molar-refractivity contribution >= 4 is 33.3 Å². The Balaban J connectivity index is 0.974. The lowest BCUT2D eigenvalue weighted by molar-refractivity contribution is 0.360. The van der Waals surface area contributed by atoms with E-state index in [2.05, 4.69) is 205 Å². The van der Waals surface area contributed by atoms with Gasteiger partial charge in [0.1, 0.15) is 12.0 Å². The van der Waals surface area contributed by atoms with Crippen molar-refractivity contribution < 1.29 is 9.47 Å². The number of rotatable bonds is 3. The Kier molecular flexibility index (Phi) is 7.53. The molecule has 4 aliphatic rings. The summed E-state index contributed by atoms with van der Waals surface area (Å²) in [4.78, 5) is 7.81. The second kappa shape index (κ2) is 13.5. The second-order valence-corrected chi connectivity index (χ2v) is 17.4. The van der Waals surface area contributed by atoms with Crippen molar-refractivity contribution in [2.75, 3.05) is 7.05 Å². The molecule has 0 N–H and O–H groups in total. The van der Waals surface area contributed by atoms with E-state index < -0.39 is 5.41 Å². The number of nitrogens with zero attached hydrogens (tertiary/aromatic N) is 3. The zero-order chi connectivity index (χ0) is 42.8. The Labute approximate surface area is 376 Å². The Morgan fingerprint density at radius 3 is 1.88 bits per heavy atom. The van der Waals surface area contributed by atoms with E-state index in [1.165, 1.54) is 44.2 Å². The van der Waals surface area contributed by atoms with Crippen LogP contribution < -0.4 is 9.47 Å². The molecule has 1 aromatic heterocycles. The molecule has 306 valence electrons. The maximum absolute atomic E-state index is 6.84. The predicted molar refractivity (Wildman–Crippen MR) is 262 cm³/mol. The van der Waals surface area contributed by atoms with E-state index in [1.807, 2.05) is 24.3 Å². The molecule has 0 saturated carbocycles. The zero-order valence-corrected chi connectivity index (χ0v) is 35.4. The van der Waals surface area contributed by atoms with Crippen molar-refractivity contribution in [3.63, 3.8) is 0 Å². The van der Waals surface area contributed by atoms with Crippen LogP contribution in [0, 0.1) is 0 Å². The summed E-state index contributed by atoms with van der Waals surface area (Å²) in [5.41, 5.74) is 17.2. The summed E-state index contributed by atoms with van der Waals surface area (Å²) in [5.74, 6) is 3.84. The van der Waals surface area contributed by atoms with E-state index in [4.69, 9.17) is 14.5 Å². The third kappa shape index (κ3) is 5.01. The van der Waals surface area contributed by atoms with Crippen molar-refractivity contribution in [2.45, 2.75) is 11.6 Å². The number of aliphatic imine (C=N–C) groups is 1. The van der Waals surface area contributed by atoms with Crippen LogP contribution in [0.5, 0.6) is 23.0 Å². The first-order valence-electron chi connectivity index (χ1n) is 22.3. The van der Waals surface area contributed by atoms with Gasteiger partial charge < -0.3 is 14.4 Å². The van der Waals surface area contributed by atoms with Gasteiger partial charge in [-0.3, -0.25) is 4.57 Å². The van der Waals surface area contributed by atoms with Crippen LogP contribution in [0.15, 0.2) is 217 Å². The highest BCUT2D eigenvalue weighted by molar-refractivity contribution is 6.18. The van der Waals surface area contributed by atoms with Gasteiger partial charge in [-0.2, -0.15) is 0 Å². The second-order valence-electron chi connectivity index (χ2n) is 17.4. The van der Waals surface area contributed by atoms with Gasteiger partial charge in [0.2, 0.25) is 0 Å². The number of aromatic nitrogens is 1. The quantitative estimate of drug-likeness (QED) is 0.178. The van der Waals surface area contributed by atoms with Crippen LogP contribution in [0.25, 0.3) is 60.9 Å². The van der Waals surface area contributed by atoms with Crippen molar-refractivity contribution in [3.8, 4) is 56.4 Å². The van der Waals surface area contributed by atoms with Crippen molar-refractivity contribution in [3.05, 3.63) is 246 Å². The number of ether oxygens (including phenoxy) is 2. The Bertz CT molecular complexity index is 3650. The molecule has 1 spiro atoms. The molecular formula is C60H39N3O2. The number of hydrogen-bond acceptors (Lipinski definition) is 4. The predicted octanol–water partition coefficient (Wildman–Crippen LogP) is 14.6. The molecule has 5 heteroatoms. The van der Waals surface area contributed by atoms with Crippen LogP contribution in [0.3, 0.4) is 0 Å². The monoisotopic (exact) mass is 833 g/mol. The highest BCUT2D eigenvalue weighted by Gasteiger charge is 2.53. The minimum absolute atomic E-state index is 0.201. The van der Waals surface area contributed by atoms with Gasteiger partial charge in [-0.1, -0.05) is 164 Å². The first-order chi connectivity index (χ1) is 32.1. The number of hydrogen-bond donors (Lipinski definition) is 0. The standard InChI is InChI=1S/C60H39N3O2/c1-62-52(37-16-4-2-5-17-37)36-56(61-59(62)38-18-6-3-7-19-38)63-50-25-13-10-22-43(50)45-34-39(29-32-51(45)63)40-28-30-44-49(35-40)60(46-23-11-8-20-41(46)42-21-9-12-24-47(42)60)48-31-33-55-58(57(44)48)65-54-27-15-14-26-53(54)64-55/h2-36,59H,1H3. The molecule has 3 heterocycles. The Morgan fingerprint density at radius 1 is 0.462 bits per heavy atom. The first-order valence-corrected chi connectivity index (χ1v) is 22.3. The molecule has 0 fully saturated rings. The molecule has 2 aliphatic heterocycles. The van der Waals surface area contributed by atoms with Gasteiger partial charge in [-0.15, -0.1) is 0 Å². The van der Waals surface area contributed by atoms with E-state index in [1.54, 1.807) is 0 Å². The molecule has 0 saturated heterocycles. The van der Waals surface area contributed by atoms with Crippen LogP contribution in [0.4, 0.5) is 0 Å². The molecule has 1 unspecified atom stereocenters. The van der Waals surface area contributed by atoms with Gasteiger partial charge in [0.05, 0.1) is 16.4 Å². The summed E-state index contributed by atoms with van der Waals surface area (Å²) in [6.45, 7) is 0. The summed E-state index contributed by atoms with van der Waals surface area (Å²) in [7, 11) is 2.14. The summed E-state index contributed by atoms with van der Waals surface area (Å²) >= 11 is 0. The van der Waals surface area contributed by atoms with E-state index in [9.17, 15) is 0 Å². The molecule has 10 aromatic rings. The Morgan fingerprint density at radius 2 is 1.09 bits per heavy atom. The highest BCUT2D eigenvalue weighted by Crippen LogP contribution is 2.66. The van der Waals surface area contributed by atoms with Gasteiger partial charge in [0, 0.05) is 35.2 Å². The third-order valence-corrected chi connectivity index (χ3v) is 14.1. The fourth-order valence-electron chi connectivity index (χ4n) is 11.3. The molecule has 9 aromatic carbocycles. The number of para-hydroxylation sites is 3. The maximum Gasteiger partial charge on any atom is 0.178 e. The number of fused-ring (bicyclic) bond motifs is 16. The summed E-state index contributed by atoms with van der Waals surface area (Å²) in [5, 5.41) is 2.36. The molecule has 0 radical (unpaired) electrons. The lowest BCUT2D eigenvalue weighted by Crippen LogP contribution is -2.29. The fraction of sp³-hybridized carbons (Fsp3) is 0.0500. The van der Waals surface area contributed by atoms with Crippen molar-refractivity contribution in [1.29, 1.82) is 0 Å². The SMILES string of the molecule is CN1C(c2ccccc2)=CC(n2c3ccccc3c3cc(-c4ccc5c(c4)C4(c6ccccc6-c6ccccc64)c4ccc6c(c4-5)Oc4ccccc4O6)ccc32)=NC1c1ccccc1. The zero-order valence-electron chi connectivity index (χ0n) is 35.4. The minimum atomic E-state index is -0.562. The summed E-state index contributed by atoms with van der Waals surface area (Å²) in [6.07, 6.45) is 2.04. The van der Waals surface area contributed by atoms with E-state index in [0.717, 1.165) is 78.9 Å². The highest BCUT2D eigenvalue weighted by atomic mass is 16.6. The van der Waals surface area contributed by atoms with Gasteiger partial charge in [-0.25, -0.2) is 4.99 Å². The Hall–Kier alpha value is -8.41. The summed E-state index contributed by atoms with van der Waals surface area (Å²) < 4.78 is 15.7. The lowest BCUT2D eigenvalue weighted by atomic mass is 9.70. The maximum atomic E-state index is 6.84. The third-order valence-electron chi connectivity index (χ3n) is 14.1. The van der Waals surface area contributed by atoms with E-state index in [0.29, 0.717) is 0 Å². The molecule has 0 amide bonds.